The lowest BCUT2D eigenvalue weighted by molar-refractivity contribution is -0.136. The molecule has 0 bridgehead atoms. The Labute approximate surface area is 163 Å². The summed E-state index contributed by atoms with van der Waals surface area (Å²) < 4.78 is 6.07. The first-order valence-electron chi connectivity index (χ1n) is 8.84. The molecule has 7 nitrogen and oxygen atoms in total. The quantitative estimate of drug-likeness (QED) is 0.647. The van der Waals surface area contributed by atoms with Crippen LogP contribution in [-0.4, -0.2) is 23.0 Å². The Morgan fingerprint density at radius 2 is 1.57 bits per heavy atom. The predicted octanol–water partition coefficient (Wildman–Crippen LogP) is 2.76. The van der Waals surface area contributed by atoms with Crippen molar-refractivity contribution in [3.8, 4) is 5.75 Å². The number of carboxylic acid groups (broad SMARTS) is 1. The highest BCUT2D eigenvalue weighted by Crippen LogP contribution is 2.28. The lowest BCUT2D eigenvalue weighted by Gasteiger charge is -2.27. The van der Waals surface area contributed by atoms with Crippen LogP contribution < -0.4 is 15.8 Å². The average Bonchev–Trinajstić information content (AvgIpc) is 2.61. The number of hydrogen-bond acceptors (Lipinski definition) is 4. The lowest BCUT2D eigenvalue weighted by Crippen LogP contribution is -2.35. The summed E-state index contributed by atoms with van der Waals surface area (Å²) >= 11 is 0. The molecule has 0 saturated carbocycles. The van der Waals surface area contributed by atoms with Crippen molar-refractivity contribution in [1.29, 1.82) is 0 Å². The van der Waals surface area contributed by atoms with E-state index in [1.54, 1.807) is 24.3 Å². The third-order valence-corrected chi connectivity index (χ3v) is 4.20. The van der Waals surface area contributed by atoms with Gasteiger partial charge in [0, 0.05) is 6.42 Å². The number of benzene rings is 2. The monoisotopic (exact) mass is 384 g/mol. The summed E-state index contributed by atoms with van der Waals surface area (Å²) in [6.07, 6.45) is 0.638. The van der Waals surface area contributed by atoms with E-state index in [4.69, 9.17) is 15.6 Å². The van der Waals surface area contributed by atoms with Gasteiger partial charge >= 0.3 is 12.0 Å². The molecule has 0 aliphatic heterocycles. The maximum absolute atomic E-state index is 11.5. The minimum atomic E-state index is -0.874. The number of primary amides is 1. The van der Waals surface area contributed by atoms with E-state index >= 15 is 0 Å². The molecule has 0 spiro atoms. The molecule has 2 rings (SSSR count). The van der Waals surface area contributed by atoms with E-state index in [0.29, 0.717) is 17.7 Å². The minimum absolute atomic E-state index is 0.0252. The molecule has 0 heterocycles. The number of carbonyl (C=O) groups excluding carboxylic acids is 2. The van der Waals surface area contributed by atoms with E-state index in [-0.39, 0.29) is 12.8 Å². The molecule has 28 heavy (non-hydrogen) atoms. The first kappa shape index (κ1) is 21.0. The molecular formula is C21H24N2O5. The van der Waals surface area contributed by atoms with Gasteiger partial charge in [-0.2, -0.15) is 0 Å². The zero-order chi connectivity index (χ0) is 20.7. The summed E-state index contributed by atoms with van der Waals surface area (Å²) in [5, 5.41) is 10.9. The van der Waals surface area contributed by atoms with Gasteiger partial charge in [-0.15, -0.1) is 0 Å². The molecule has 148 valence electrons. The van der Waals surface area contributed by atoms with Crippen LogP contribution in [0.25, 0.3) is 0 Å². The van der Waals surface area contributed by atoms with E-state index in [2.05, 4.69) is 0 Å². The highest BCUT2D eigenvalue weighted by atomic mass is 16.5. The molecule has 2 aromatic carbocycles. The molecule has 0 aliphatic carbocycles. The Hall–Kier alpha value is -3.35. The summed E-state index contributed by atoms with van der Waals surface area (Å²) in [5.41, 5.74) is 6.93. The molecule has 2 aromatic rings. The van der Waals surface area contributed by atoms with Gasteiger partial charge in [0.15, 0.2) is 0 Å². The van der Waals surface area contributed by atoms with E-state index in [1.807, 2.05) is 43.4 Å². The summed E-state index contributed by atoms with van der Waals surface area (Å²) in [7, 11) is 0. The van der Waals surface area contributed by atoms with Crippen LogP contribution in [0.1, 0.15) is 37.0 Å². The molecule has 7 heteroatoms. The molecule has 4 N–H and O–H groups in total. The van der Waals surface area contributed by atoms with Gasteiger partial charge in [0.05, 0.1) is 6.42 Å². The Morgan fingerprint density at radius 3 is 2.11 bits per heavy atom. The number of urea groups is 1. The van der Waals surface area contributed by atoms with E-state index < -0.39 is 23.5 Å². The number of amides is 3. The molecule has 3 amide bonds. The number of hydrogen-bond donors (Lipinski definition) is 3. The van der Waals surface area contributed by atoms with Gasteiger partial charge in [0.1, 0.15) is 11.4 Å². The first-order chi connectivity index (χ1) is 13.2. The largest absolute Gasteiger partial charge is 0.483 e. The summed E-state index contributed by atoms with van der Waals surface area (Å²) in [6.45, 7) is 3.88. The fraction of sp³-hybridized carbons (Fsp3) is 0.286. The van der Waals surface area contributed by atoms with E-state index in [9.17, 15) is 14.4 Å². The van der Waals surface area contributed by atoms with Crippen molar-refractivity contribution in [2.45, 2.75) is 38.7 Å². The fourth-order valence-corrected chi connectivity index (χ4v) is 2.73. The minimum Gasteiger partial charge on any atom is -0.483 e. The predicted molar refractivity (Wildman–Crippen MR) is 104 cm³/mol. The van der Waals surface area contributed by atoms with Crippen LogP contribution in [0.3, 0.4) is 0 Å². The second-order valence-electron chi connectivity index (χ2n) is 6.94. The van der Waals surface area contributed by atoms with Crippen molar-refractivity contribution in [3.05, 3.63) is 65.2 Å². The molecule has 0 radical (unpaired) electrons. The van der Waals surface area contributed by atoms with Crippen LogP contribution in [0.2, 0.25) is 0 Å². The van der Waals surface area contributed by atoms with Crippen molar-refractivity contribution < 1.29 is 24.2 Å². The van der Waals surface area contributed by atoms with Crippen molar-refractivity contribution in [3.63, 3.8) is 0 Å². The Morgan fingerprint density at radius 1 is 1.00 bits per heavy atom. The van der Waals surface area contributed by atoms with Gasteiger partial charge in [0.2, 0.25) is 5.91 Å². The topological polar surface area (TPSA) is 119 Å². The van der Waals surface area contributed by atoms with Crippen molar-refractivity contribution in [1.82, 2.24) is 5.32 Å². The number of carbonyl (C=O) groups is 3. The maximum Gasteiger partial charge on any atom is 0.318 e. The fourth-order valence-electron chi connectivity index (χ4n) is 2.73. The third-order valence-electron chi connectivity index (χ3n) is 4.20. The van der Waals surface area contributed by atoms with Gasteiger partial charge < -0.3 is 15.6 Å². The van der Waals surface area contributed by atoms with Crippen molar-refractivity contribution >= 4 is 17.9 Å². The van der Waals surface area contributed by atoms with E-state index in [1.165, 1.54) is 0 Å². The average molecular weight is 384 g/mol. The standard InChI is InChI=1S/C21H24N2O5/c1-21(2,28-17-10-5-15(6-11-17)13-19(25)26)16-8-3-14(4-9-16)7-12-18(24)23-20(22)27/h3-6,8-11H,7,12-13H2,1-2H3,(H,25,26)(H3,22,23,24,27). The molecular weight excluding hydrogens is 360 g/mol. The van der Waals surface area contributed by atoms with E-state index in [0.717, 1.165) is 11.1 Å². The SMILES string of the molecule is CC(C)(Oc1ccc(CC(=O)O)cc1)c1ccc(CCC(=O)NC(N)=O)cc1. The number of aliphatic carboxylic acids is 1. The highest BCUT2D eigenvalue weighted by molar-refractivity contribution is 5.93. The van der Waals surface area contributed by atoms with Gasteiger partial charge in [-0.3, -0.25) is 14.9 Å². The zero-order valence-electron chi connectivity index (χ0n) is 15.9. The van der Waals surface area contributed by atoms with Crippen molar-refractivity contribution in [2.75, 3.05) is 0 Å². The molecule has 0 aliphatic rings. The maximum atomic E-state index is 11.5. The highest BCUT2D eigenvalue weighted by Gasteiger charge is 2.22. The van der Waals surface area contributed by atoms with Gasteiger partial charge in [-0.25, -0.2) is 4.79 Å². The van der Waals surface area contributed by atoms with Gasteiger partial charge in [-0.05, 0) is 49.1 Å². The molecule has 0 aromatic heterocycles. The van der Waals surface area contributed by atoms with Crippen LogP contribution in [0.4, 0.5) is 4.79 Å². The summed E-state index contributed by atoms with van der Waals surface area (Å²) in [5.74, 6) is -0.640. The Bertz CT molecular complexity index is 842. The zero-order valence-corrected chi connectivity index (χ0v) is 15.9. The van der Waals surface area contributed by atoms with Crippen LogP contribution in [0.15, 0.2) is 48.5 Å². The van der Waals surface area contributed by atoms with Gasteiger partial charge in [-0.1, -0.05) is 36.4 Å². The number of rotatable bonds is 8. The molecule has 0 fully saturated rings. The number of nitrogens with two attached hydrogens (primary N) is 1. The molecule has 0 saturated heterocycles. The number of aryl methyl sites for hydroxylation is 1. The number of imide groups is 1. The van der Waals surface area contributed by atoms with Crippen LogP contribution in [-0.2, 0) is 28.0 Å². The number of carboxylic acids is 1. The van der Waals surface area contributed by atoms with Gasteiger partial charge in [0.25, 0.3) is 0 Å². The summed E-state index contributed by atoms with van der Waals surface area (Å²) in [6, 6.07) is 13.8. The van der Waals surface area contributed by atoms with Crippen LogP contribution >= 0.6 is 0 Å². The smallest absolute Gasteiger partial charge is 0.318 e. The normalized spacial score (nSPS) is 10.9. The lowest BCUT2D eigenvalue weighted by atomic mass is 9.96. The second-order valence-corrected chi connectivity index (χ2v) is 6.94. The van der Waals surface area contributed by atoms with Crippen LogP contribution in [0, 0.1) is 0 Å². The second kappa shape index (κ2) is 9.03. The number of ether oxygens (including phenoxy) is 1. The first-order valence-corrected chi connectivity index (χ1v) is 8.84. The molecule has 0 atom stereocenters. The third kappa shape index (κ3) is 6.42. The Kier molecular flexibility index (Phi) is 6.76. The summed E-state index contributed by atoms with van der Waals surface area (Å²) in [4.78, 5) is 32.9. The Balaban J connectivity index is 1.98. The molecule has 0 unspecified atom stereocenters. The number of nitrogens with one attached hydrogen (secondary N) is 1. The van der Waals surface area contributed by atoms with Crippen LogP contribution in [0.5, 0.6) is 5.75 Å². The van der Waals surface area contributed by atoms with Crippen molar-refractivity contribution in [2.24, 2.45) is 5.73 Å².